The number of hydrogen-bond acceptors (Lipinski definition) is 4. The first-order chi connectivity index (χ1) is 8.58. The van der Waals surface area contributed by atoms with Crippen LogP contribution in [0.5, 0.6) is 0 Å². The summed E-state index contributed by atoms with van der Waals surface area (Å²) in [5.41, 5.74) is 7.27. The third kappa shape index (κ3) is 2.79. The maximum absolute atomic E-state index is 7.65. The molecule has 0 aliphatic carbocycles. The molecule has 5 heteroatoms. The summed E-state index contributed by atoms with van der Waals surface area (Å²) in [6.07, 6.45) is 1.15. The maximum Gasteiger partial charge on any atom is 0.139 e. The van der Waals surface area contributed by atoms with Crippen molar-refractivity contribution in [2.24, 2.45) is 5.73 Å². The van der Waals surface area contributed by atoms with Crippen LogP contribution in [0.3, 0.4) is 0 Å². The van der Waals surface area contributed by atoms with Crippen LogP contribution in [0, 0.1) is 12.3 Å². The van der Waals surface area contributed by atoms with Gasteiger partial charge in [-0.1, -0.05) is 0 Å². The molecule has 1 unspecified atom stereocenters. The van der Waals surface area contributed by atoms with Crippen molar-refractivity contribution in [1.82, 2.24) is 4.98 Å². The second-order valence-corrected chi connectivity index (χ2v) is 4.72. The van der Waals surface area contributed by atoms with E-state index in [1.54, 1.807) is 0 Å². The minimum atomic E-state index is 0.0651. The minimum Gasteiger partial charge on any atom is -0.384 e. The molecule has 0 spiro atoms. The van der Waals surface area contributed by atoms with Crippen molar-refractivity contribution < 1.29 is 4.74 Å². The molecule has 1 aliphatic rings. The number of amidine groups is 1. The summed E-state index contributed by atoms with van der Waals surface area (Å²) in [5.74, 6) is 0.871. The van der Waals surface area contributed by atoms with Gasteiger partial charge in [0.1, 0.15) is 11.7 Å². The van der Waals surface area contributed by atoms with Crippen molar-refractivity contribution in [3.05, 3.63) is 23.4 Å². The first kappa shape index (κ1) is 12.8. The lowest BCUT2D eigenvalue weighted by Crippen LogP contribution is -2.33. The molecule has 3 N–H and O–H groups in total. The summed E-state index contributed by atoms with van der Waals surface area (Å²) in [6, 6.07) is 3.76. The van der Waals surface area contributed by atoms with Crippen molar-refractivity contribution >= 4 is 11.7 Å². The van der Waals surface area contributed by atoms with Gasteiger partial charge in [0.15, 0.2) is 0 Å². The van der Waals surface area contributed by atoms with E-state index in [0.717, 1.165) is 37.6 Å². The molecular formula is C13H20N4O. The van der Waals surface area contributed by atoms with Gasteiger partial charge in [0, 0.05) is 25.4 Å². The predicted octanol–water partition coefficient (Wildman–Crippen LogP) is 1.29. The van der Waals surface area contributed by atoms with Crippen LogP contribution >= 0.6 is 0 Å². The van der Waals surface area contributed by atoms with Crippen molar-refractivity contribution in [3.63, 3.8) is 0 Å². The second-order valence-electron chi connectivity index (χ2n) is 4.72. The van der Waals surface area contributed by atoms with Gasteiger partial charge in [0.05, 0.1) is 11.7 Å². The number of nitrogens with two attached hydrogens (primary N) is 1. The zero-order valence-corrected chi connectivity index (χ0v) is 10.9. The normalized spacial score (nSPS) is 20.6. The molecule has 0 saturated carbocycles. The lowest BCUT2D eigenvalue weighted by atomic mass is 10.2. The van der Waals surface area contributed by atoms with Crippen LogP contribution in [-0.2, 0) is 4.74 Å². The molecule has 0 amide bonds. The van der Waals surface area contributed by atoms with Crippen molar-refractivity contribution in [2.75, 3.05) is 24.6 Å². The molecule has 0 radical (unpaired) electrons. The second kappa shape index (κ2) is 5.35. The largest absolute Gasteiger partial charge is 0.384 e. The van der Waals surface area contributed by atoms with Gasteiger partial charge in [-0.15, -0.1) is 0 Å². The van der Waals surface area contributed by atoms with E-state index in [0.29, 0.717) is 5.56 Å². The molecule has 1 aliphatic heterocycles. The van der Waals surface area contributed by atoms with Gasteiger partial charge in [-0.25, -0.2) is 4.98 Å². The summed E-state index contributed by atoms with van der Waals surface area (Å²) >= 11 is 0. The number of rotatable bonds is 2. The lowest BCUT2D eigenvalue weighted by Gasteiger charge is -2.25. The van der Waals surface area contributed by atoms with Gasteiger partial charge in [-0.05, 0) is 32.4 Å². The Morgan fingerprint density at radius 2 is 2.33 bits per heavy atom. The molecule has 1 atom stereocenters. The average Bonchev–Trinajstić information content (AvgIpc) is 2.53. The van der Waals surface area contributed by atoms with Gasteiger partial charge >= 0.3 is 0 Å². The molecule has 1 aromatic heterocycles. The fourth-order valence-corrected chi connectivity index (χ4v) is 2.18. The van der Waals surface area contributed by atoms with E-state index in [2.05, 4.69) is 16.8 Å². The molecule has 0 aromatic carbocycles. The smallest absolute Gasteiger partial charge is 0.139 e. The molecule has 1 saturated heterocycles. The summed E-state index contributed by atoms with van der Waals surface area (Å²) in [4.78, 5) is 6.71. The molecule has 98 valence electrons. The first-order valence-corrected chi connectivity index (χ1v) is 6.26. The molecule has 1 aromatic rings. The predicted molar refractivity (Wildman–Crippen MR) is 72.2 cm³/mol. The van der Waals surface area contributed by atoms with Crippen LogP contribution in [0.1, 0.15) is 24.6 Å². The summed E-state index contributed by atoms with van der Waals surface area (Å²) < 4.78 is 5.63. The van der Waals surface area contributed by atoms with Crippen molar-refractivity contribution in [2.45, 2.75) is 26.4 Å². The SMILES string of the molecule is Cc1ccc(C(=N)N)c(N2CCCOC(C)C2)n1. The molecule has 0 bridgehead atoms. The molecule has 2 rings (SSSR count). The number of aryl methyl sites for hydroxylation is 1. The molecular weight excluding hydrogens is 228 g/mol. The Morgan fingerprint density at radius 3 is 3.06 bits per heavy atom. The minimum absolute atomic E-state index is 0.0651. The van der Waals surface area contributed by atoms with Crippen LogP contribution < -0.4 is 10.6 Å². The lowest BCUT2D eigenvalue weighted by molar-refractivity contribution is 0.0820. The monoisotopic (exact) mass is 248 g/mol. The highest BCUT2D eigenvalue weighted by molar-refractivity contribution is 5.99. The number of nitrogen functional groups attached to an aromatic ring is 1. The molecule has 2 heterocycles. The fraction of sp³-hybridized carbons (Fsp3) is 0.538. The fourth-order valence-electron chi connectivity index (χ4n) is 2.18. The van der Waals surface area contributed by atoms with Crippen LogP contribution in [0.25, 0.3) is 0 Å². The summed E-state index contributed by atoms with van der Waals surface area (Å²) in [5, 5.41) is 7.65. The van der Waals surface area contributed by atoms with E-state index < -0.39 is 0 Å². The average molecular weight is 248 g/mol. The number of nitrogens with one attached hydrogen (secondary N) is 1. The molecule has 1 fully saturated rings. The van der Waals surface area contributed by atoms with E-state index in [9.17, 15) is 0 Å². The summed E-state index contributed by atoms with van der Waals surface area (Å²) in [6.45, 7) is 6.46. The van der Waals surface area contributed by atoms with Crippen LogP contribution in [0.4, 0.5) is 5.82 Å². The Balaban J connectivity index is 2.35. The molecule has 5 nitrogen and oxygen atoms in total. The Hall–Kier alpha value is -1.62. The van der Waals surface area contributed by atoms with E-state index in [4.69, 9.17) is 15.9 Å². The van der Waals surface area contributed by atoms with Crippen LogP contribution in [0.15, 0.2) is 12.1 Å². The van der Waals surface area contributed by atoms with Gasteiger partial charge in [0.25, 0.3) is 0 Å². The number of nitrogens with zero attached hydrogens (tertiary/aromatic N) is 2. The number of anilines is 1. The Morgan fingerprint density at radius 1 is 1.56 bits per heavy atom. The highest BCUT2D eigenvalue weighted by Gasteiger charge is 2.20. The third-order valence-corrected chi connectivity index (χ3v) is 3.06. The number of aromatic nitrogens is 1. The third-order valence-electron chi connectivity index (χ3n) is 3.06. The van der Waals surface area contributed by atoms with Gasteiger partial charge in [0.2, 0.25) is 0 Å². The first-order valence-electron chi connectivity index (χ1n) is 6.26. The Labute approximate surface area is 107 Å². The van der Waals surface area contributed by atoms with Gasteiger partial charge in [-0.2, -0.15) is 0 Å². The van der Waals surface area contributed by atoms with E-state index >= 15 is 0 Å². The zero-order valence-electron chi connectivity index (χ0n) is 10.9. The van der Waals surface area contributed by atoms with E-state index in [1.165, 1.54) is 0 Å². The Kier molecular flexibility index (Phi) is 3.81. The zero-order chi connectivity index (χ0) is 13.1. The quantitative estimate of drug-likeness (QED) is 0.611. The standard InChI is InChI=1S/C13H20N4O/c1-9-4-5-11(12(14)15)13(16-9)17-6-3-7-18-10(2)8-17/h4-5,10H,3,6-8H2,1-2H3,(H3,14,15). The number of pyridine rings is 1. The summed E-state index contributed by atoms with van der Waals surface area (Å²) in [7, 11) is 0. The Bertz CT molecular complexity index is 447. The van der Waals surface area contributed by atoms with Crippen molar-refractivity contribution in [1.29, 1.82) is 5.41 Å². The van der Waals surface area contributed by atoms with Gasteiger partial charge < -0.3 is 15.4 Å². The maximum atomic E-state index is 7.65. The molecule has 18 heavy (non-hydrogen) atoms. The number of hydrogen-bond donors (Lipinski definition) is 2. The van der Waals surface area contributed by atoms with E-state index in [-0.39, 0.29) is 11.9 Å². The van der Waals surface area contributed by atoms with Crippen molar-refractivity contribution in [3.8, 4) is 0 Å². The van der Waals surface area contributed by atoms with Gasteiger partial charge in [-0.3, -0.25) is 5.41 Å². The van der Waals surface area contributed by atoms with E-state index in [1.807, 2.05) is 19.1 Å². The highest BCUT2D eigenvalue weighted by Crippen LogP contribution is 2.20. The van der Waals surface area contributed by atoms with Crippen LogP contribution in [-0.4, -0.2) is 36.6 Å². The van der Waals surface area contributed by atoms with Crippen LogP contribution in [0.2, 0.25) is 0 Å². The number of ether oxygens (including phenoxy) is 1. The topological polar surface area (TPSA) is 75.2 Å². The highest BCUT2D eigenvalue weighted by atomic mass is 16.5.